The molecule has 4 heteroatoms. The molecule has 3 rings (SSSR count). The monoisotopic (exact) mass is 272 g/mol. The molecule has 106 valence electrons. The number of rotatable bonds is 3. The summed E-state index contributed by atoms with van der Waals surface area (Å²) in [6.45, 7) is 3.14. The van der Waals surface area contributed by atoms with Gasteiger partial charge in [-0.25, -0.2) is 4.98 Å². The molecule has 1 aliphatic rings. The Morgan fingerprint density at radius 3 is 2.85 bits per heavy atom. The van der Waals surface area contributed by atoms with E-state index in [9.17, 15) is 10.2 Å². The van der Waals surface area contributed by atoms with Crippen LogP contribution in [0.1, 0.15) is 19.0 Å². The van der Waals surface area contributed by atoms with Crippen molar-refractivity contribution < 1.29 is 10.2 Å². The number of aliphatic hydroxyl groups is 2. The predicted octanol–water partition coefficient (Wildman–Crippen LogP) is 1.93. The molecule has 0 aliphatic carbocycles. The minimum absolute atomic E-state index is 0.0645. The zero-order valence-electron chi connectivity index (χ0n) is 11.7. The fourth-order valence-electron chi connectivity index (χ4n) is 3.08. The zero-order chi connectivity index (χ0) is 14.1. The van der Waals surface area contributed by atoms with E-state index in [1.165, 1.54) is 0 Å². The molecule has 0 saturated carbocycles. The first kappa shape index (κ1) is 13.3. The Hall–Kier alpha value is -1.65. The molecule has 1 aliphatic heterocycles. The molecule has 0 radical (unpaired) electrons. The highest BCUT2D eigenvalue weighted by Gasteiger charge is 2.32. The van der Waals surface area contributed by atoms with E-state index in [4.69, 9.17) is 0 Å². The van der Waals surface area contributed by atoms with Crippen LogP contribution in [0.25, 0.3) is 10.8 Å². The van der Waals surface area contributed by atoms with Gasteiger partial charge in [0.1, 0.15) is 5.82 Å². The van der Waals surface area contributed by atoms with Crippen molar-refractivity contribution in [1.82, 2.24) is 4.98 Å². The Morgan fingerprint density at radius 2 is 2.10 bits per heavy atom. The molecule has 0 amide bonds. The highest BCUT2D eigenvalue weighted by Crippen LogP contribution is 2.33. The van der Waals surface area contributed by atoms with E-state index in [1.54, 1.807) is 0 Å². The van der Waals surface area contributed by atoms with Crippen LogP contribution in [0.15, 0.2) is 30.3 Å². The van der Waals surface area contributed by atoms with Gasteiger partial charge in [-0.15, -0.1) is 0 Å². The van der Waals surface area contributed by atoms with Gasteiger partial charge in [-0.1, -0.05) is 31.2 Å². The summed E-state index contributed by atoms with van der Waals surface area (Å²) in [5.41, 5.74) is 0.676. The first-order valence-corrected chi connectivity index (χ1v) is 7.11. The van der Waals surface area contributed by atoms with E-state index >= 15 is 0 Å². The van der Waals surface area contributed by atoms with Crippen molar-refractivity contribution in [2.75, 3.05) is 18.1 Å². The molecule has 2 N–H and O–H groups in total. The van der Waals surface area contributed by atoms with Crippen LogP contribution in [-0.4, -0.2) is 34.4 Å². The van der Waals surface area contributed by atoms with Crippen molar-refractivity contribution in [3.05, 3.63) is 36.0 Å². The van der Waals surface area contributed by atoms with Crippen LogP contribution < -0.4 is 4.90 Å². The first-order valence-electron chi connectivity index (χ1n) is 7.11. The van der Waals surface area contributed by atoms with Gasteiger partial charge in [-0.05, 0) is 23.8 Å². The third-order valence-corrected chi connectivity index (χ3v) is 4.28. The van der Waals surface area contributed by atoms with Gasteiger partial charge in [0.25, 0.3) is 0 Å². The van der Waals surface area contributed by atoms with E-state index in [0.29, 0.717) is 11.6 Å². The Balaban J connectivity index is 2.14. The van der Waals surface area contributed by atoms with Crippen LogP contribution in [-0.2, 0) is 6.61 Å². The lowest BCUT2D eigenvalue weighted by atomic mass is 10.0. The maximum absolute atomic E-state index is 9.65. The molecule has 2 unspecified atom stereocenters. The average Bonchev–Trinajstić information content (AvgIpc) is 2.86. The molecular weight excluding hydrogens is 252 g/mol. The van der Waals surface area contributed by atoms with Gasteiger partial charge in [0, 0.05) is 11.9 Å². The Labute approximate surface area is 118 Å². The Morgan fingerprint density at radius 1 is 1.30 bits per heavy atom. The van der Waals surface area contributed by atoms with E-state index in [1.807, 2.05) is 24.3 Å². The number of aliphatic hydroxyl groups excluding tert-OH is 2. The maximum Gasteiger partial charge on any atom is 0.137 e. The fraction of sp³-hybridized carbons (Fsp3) is 0.438. The fourth-order valence-corrected chi connectivity index (χ4v) is 3.08. The van der Waals surface area contributed by atoms with Gasteiger partial charge >= 0.3 is 0 Å². The van der Waals surface area contributed by atoms with Crippen molar-refractivity contribution >= 4 is 16.6 Å². The minimum atomic E-state index is -0.0645. The van der Waals surface area contributed by atoms with E-state index < -0.39 is 0 Å². The number of hydrogen-bond acceptors (Lipinski definition) is 4. The number of fused-ring (bicyclic) bond motifs is 1. The number of anilines is 1. The quantitative estimate of drug-likeness (QED) is 0.896. The lowest BCUT2D eigenvalue weighted by Crippen LogP contribution is -2.36. The number of hydrogen-bond donors (Lipinski definition) is 2. The van der Waals surface area contributed by atoms with Gasteiger partial charge in [0.15, 0.2) is 0 Å². The predicted molar refractivity (Wildman–Crippen MR) is 79.7 cm³/mol. The van der Waals surface area contributed by atoms with Crippen molar-refractivity contribution in [3.8, 4) is 0 Å². The summed E-state index contributed by atoms with van der Waals surface area (Å²) in [7, 11) is 0. The van der Waals surface area contributed by atoms with Gasteiger partial charge in [0.05, 0.1) is 24.9 Å². The molecule has 1 aromatic carbocycles. The molecule has 1 saturated heterocycles. The topological polar surface area (TPSA) is 56.6 Å². The summed E-state index contributed by atoms with van der Waals surface area (Å²) in [5, 5.41) is 21.2. The summed E-state index contributed by atoms with van der Waals surface area (Å²) in [6, 6.07) is 10.1. The number of pyridine rings is 1. The molecule has 0 spiro atoms. The number of benzene rings is 1. The molecule has 0 bridgehead atoms. The van der Waals surface area contributed by atoms with Crippen molar-refractivity contribution in [2.45, 2.75) is 26.0 Å². The summed E-state index contributed by atoms with van der Waals surface area (Å²) < 4.78 is 0. The second-order valence-corrected chi connectivity index (χ2v) is 5.53. The Kier molecular flexibility index (Phi) is 3.59. The lowest BCUT2D eigenvalue weighted by Gasteiger charge is -2.27. The molecule has 1 fully saturated rings. The number of nitrogens with zero attached hydrogens (tertiary/aromatic N) is 2. The van der Waals surface area contributed by atoms with E-state index in [0.717, 1.165) is 29.6 Å². The van der Waals surface area contributed by atoms with Crippen LogP contribution >= 0.6 is 0 Å². The summed E-state index contributed by atoms with van der Waals surface area (Å²) in [6.07, 6.45) is 1.06. The largest absolute Gasteiger partial charge is 0.394 e. The van der Waals surface area contributed by atoms with Gasteiger partial charge in [0.2, 0.25) is 0 Å². The lowest BCUT2D eigenvalue weighted by molar-refractivity contribution is 0.244. The average molecular weight is 272 g/mol. The van der Waals surface area contributed by atoms with Crippen LogP contribution in [0.5, 0.6) is 0 Å². The molecule has 2 aromatic rings. The molecule has 2 atom stereocenters. The SMILES string of the molecule is CC1CCN(c2nc(CO)cc3ccccc23)C1CO. The van der Waals surface area contributed by atoms with Crippen LogP contribution in [0, 0.1) is 5.92 Å². The normalized spacial score (nSPS) is 22.6. The molecule has 1 aromatic heterocycles. The van der Waals surface area contributed by atoms with Crippen molar-refractivity contribution in [2.24, 2.45) is 5.92 Å². The smallest absolute Gasteiger partial charge is 0.137 e. The molecule has 2 heterocycles. The third kappa shape index (κ3) is 2.15. The molecule has 20 heavy (non-hydrogen) atoms. The summed E-state index contributed by atoms with van der Waals surface area (Å²) in [4.78, 5) is 6.79. The van der Waals surface area contributed by atoms with Gasteiger partial charge in [-0.3, -0.25) is 0 Å². The van der Waals surface area contributed by atoms with Crippen LogP contribution in [0.3, 0.4) is 0 Å². The van der Waals surface area contributed by atoms with Crippen molar-refractivity contribution in [3.63, 3.8) is 0 Å². The van der Waals surface area contributed by atoms with Crippen LogP contribution in [0.2, 0.25) is 0 Å². The van der Waals surface area contributed by atoms with E-state index in [2.05, 4.69) is 22.9 Å². The minimum Gasteiger partial charge on any atom is -0.394 e. The van der Waals surface area contributed by atoms with E-state index in [-0.39, 0.29) is 19.3 Å². The standard InChI is InChI=1S/C16H20N2O2/c1-11-6-7-18(15(11)10-20)16-14-5-3-2-4-12(14)8-13(9-19)17-16/h2-5,8,11,15,19-20H,6-7,9-10H2,1H3. The second-order valence-electron chi connectivity index (χ2n) is 5.53. The highest BCUT2D eigenvalue weighted by molar-refractivity contribution is 5.92. The van der Waals surface area contributed by atoms with Crippen molar-refractivity contribution in [1.29, 1.82) is 0 Å². The summed E-state index contributed by atoms with van der Waals surface area (Å²) in [5.74, 6) is 1.34. The summed E-state index contributed by atoms with van der Waals surface area (Å²) >= 11 is 0. The molecular formula is C16H20N2O2. The Bertz CT molecular complexity index is 614. The van der Waals surface area contributed by atoms with Gasteiger partial charge < -0.3 is 15.1 Å². The third-order valence-electron chi connectivity index (χ3n) is 4.28. The number of aromatic nitrogens is 1. The molecule has 4 nitrogen and oxygen atoms in total. The highest BCUT2D eigenvalue weighted by atomic mass is 16.3. The van der Waals surface area contributed by atoms with Gasteiger partial charge in [-0.2, -0.15) is 0 Å². The first-order chi connectivity index (χ1) is 9.74. The zero-order valence-corrected chi connectivity index (χ0v) is 11.7. The second kappa shape index (κ2) is 5.38. The van der Waals surface area contributed by atoms with Crippen LogP contribution in [0.4, 0.5) is 5.82 Å². The maximum atomic E-state index is 9.65.